The van der Waals surface area contributed by atoms with E-state index in [0.29, 0.717) is 10.6 Å². The van der Waals surface area contributed by atoms with Crippen molar-refractivity contribution in [2.24, 2.45) is 0 Å². The summed E-state index contributed by atoms with van der Waals surface area (Å²) in [4.78, 5) is 26.6. The van der Waals surface area contributed by atoms with Crippen molar-refractivity contribution < 1.29 is 26.9 Å². The van der Waals surface area contributed by atoms with E-state index in [2.05, 4.69) is 0 Å². The second kappa shape index (κ2) is 9.92. The molecule has 0 aliphatic carbocycles. The van der Waals surface area contributed by atoms with Crippen LogP contribution >= 0.6 is 23.4 Å². The van der Waals surface area contributed by atoms with E-state index < -0.39 is 21.3 Å². The van der Waals surface area contributed by atoms with E-state index in [0.717, 1.165) is 22.2 Å². The maximum absolute atomic E-state index is 12.8. The van der Waals surface area contributed by atoms with E-state index in [4.69, 9.17) is 20.5 Å². The monoisotopic (exact) mass is 515 g/mol. The Balaban J connectivity index is 1.55. The van der Waals surface area contributed by atoms with Gasteiger partial charge in [0.25, 0.3) is 11.1 Å². The van der Waals surface area contributed by atoms with Crippen molar-refractivity contribution >= 4 is 50.7 Å². The lowest BCUT2D eigenvalue weighted by molar-refractivity contribution is -0.123. The van der Waals surface area contributed by atoms with Gasteiger partial charge in [-0.1, -0.05) is 48.0 Å². The Morgan fingerprint density at radius 1 is 0.971 bits per heavy atom. The zero-order chi connectivity index (χ0) is 24.3. The highest BCUT2D eigenvalue weighted by Gasteiger charge is 2.35. The molecule has 0 saturated carbocycles. The summed E-state index contributed by atoms with van der Waals surface area (Å²) in [6, 6.07) is 19.2. The lowest BCUT2D eigenvalue weighted by Crippen LogP contribution is -2.27. The number of methoxy groups -OCH3 is 1. The van der Waals surface area contributed by atoms with Gasteiger partial charge in [-0.2, -0.15) is 8.42 Å². The summed E-state index contributed by atoms with van der Waals surface area (Å²) in [6.45, 7) is 0.107. The number of nitrogens with zero attached hydrogens (tertiary/aromatic N) is 1. The van der Waals surface area contributed by atoms with Gasteiger partial charge in [-0.05, 0) is 65.4 Å². The number of benzene rings is 3. The van der Waals surface area contributed by atoms with Crippen molar-refractivity contribution in [3.05, 3.63) is 93.9 Å². The third-order valence-corrected chi connectivity index (χ3v) is 7.21. The van der Waals surface area contributed by atoms with Crippen molar-refractivity contribution in [1.29, 1.82) is 0 Å². The zero-order valence-electron chi connectivity index (χ0n) is 17.8. The largest absolute Gasteiger partial charge is 0.493 e. The molecule has 4 rings (SSSR count). The maximum Gasteiger partial charge on any atom is 0.339 e. The molecule has 0 unspecified atom stereocenters. The number of hydrogen-bond donors (Lipinski definition) is 0. The fraction of sp³-hybridized carbons (Fsp3) is 0.0833. The number of carbonyl (C=O) groups is 2. The molecular formula is C24H18ClNO6S2. The van der Waals surface area contributed by atoms with Gasteiger partial charge in [-0.3, -0.25) is 14.5 Å². The van der Waals surface area contributed by atoms with Gasteiger partial charge >= 0.3 is 10.1 Å². The number of rotatable bonds is 7. The lowest BCUT2D eigenvalue weighted by atomic mass is 10.1. The summed E-state index contributed by atoms with van der Waals surface area (Å²) < 4.78 is 35.6. The number of amides is 2. The van der Waals surface area contributed by atoms with Crippen LogP contribution in [0.3, 0.4) is 0 Å². The second-order valence-corrected chi connectivity index (χ2v) is 10.1. The van der Waals surface area contributed by atoms with Crippen LogP contribution in [-0.2, 0) is 21.5 Å². The summed E-state index contributed by atoms with van der Waals surface area (Å²) >= 11 is 6.81. The molecule has 2 amide bonds. The van der Waals surface area contributed by atoms with E-state index in [1.54, 1.807) is 54.6 Å². The van der Waals surface area contributed by atoms with Gasteiger partial charge in [0.2, 0.25) is 0 Å². The average molecular weight is 516 g/mol. The number of hydrogen-bond acceptors (Lipinski definition) is 7. The number of imide groups is 1. The number of ether oxygens (including phenoxy) is 1. The van der Waals surface area contributed by atoms with E-state index in [9.17, 15) is 18.0 Å². The van der Waals surface area contributed by atoms with E-state index in [1.165, 1.54) is 31.4 Å². The smallest absolute Gasteiger partial charge is 0.339 e. The summed E-state index contributed by atoms with van der Waals surface area (Å²) in [5.74, 6) is -0.273. The minimum absolute atomic E-state index is 0.00226. The minimum Gasteiger partial charge on any atom is -0.493 e. The molecule has 34 heavy (non-hydrogen) atoms. The maximum atomic E-state index is 12.8. The van der Waals surface area contributed by atoms with Gasteiger partial charge < -0.3 is 8.92 Å². The van der Waals surface area contributed by atoms with Crippen molar-refractivity contribution in [2.75, 3.05) is 7.11 Å². The Bertz CT molecular complexity index is 1390. The van der Waals surface area contributed by atoms with Crippen LogP contribution in [0.4, 0.5) is 4.79 Å². The van der Waals surface area contributed by atoms with Gasteiger partial charge in [0, 0.05) is 5.02 Å². The quantitative estimate of drug-likeness (QED) is 0.309. The Labute approximate surface area is 206 Å². The number of thioether (sulfide) groups is 1. The van der Waals surface area contributed by atoms with Crippen LogP contribution in [0.25, 0.3) is 6.08 Å². The summed E-state index contributed by atoms with van der Waals surface area (Å²) in [5, 5.41) is 0.126. The van der Waals surface area contributed by atoms with Crippen LogP contribution in [-0.4, -0.2) is 31.6 Å². The topological polar surface area (TPSA) is 90.0 Å². The fourth-order valence-electron chi connectivity index (χ4n) is 3.20. The van der Waals surface area contributed by atoms with E-state index in [1.807, 2.05) is 0 Å². The third kappa shape index (κ3) is 5.27. The lowest BCUT2D eigenvalue weighted by Gasteiger charge is -2.12. The first-order chi connectivity index (χ1) is 16.3. The van der Waals surface area contributed by atoms with Gasteiger partial charge in [-0.25, -0.2) is 0 Å². The van der Waals surface area contributed by atoms with E-state index >= 15 is 0 Å². The van der Waals surface area contributed by atoms with Crippen LogP contribution in [0, 0.1) is 0 Å². The number of halogens is 1. The Morgan fingerprint density at radius 2 is 1.74 bits per heavy atom. The van der Waals surface area contributed by atoms with Crippen LogP contribution in [0.15, 0.2) is 82.6 Å². The van der Waals surface area contributed by atoms with Crippen LogP contribution in [0.5, 0.6) is 11.5 Å². The van der Waals surface area contributed by atoms with Gasteiger partial charge in [0.05, 0.1) is 18.6 Å². The molecule has 1 fully saturated rings. The standard InChI is InChI=1S/C24H18ClNO6S2/c1-31-21-13-16(10-11-20(21)32-34(29,30)19-8-3-2-4-9-19)14-22-23(27)26(24(28)33-22)15-17-6-5-7-18(25)12-17/h2-14H,15H2,1H3/b22-14-. The molecule has 1 aliphatic rings. The van der Waals surface area contributed by atoms with E-state index in [-0.39, 0.29) is 27.8 Å². The summed E-state index contributed by atoms with van der Waals surface area (Å²) in [6.07, 6.45) is 1.54. The molecule has 0 radical (unpaired) electrons. The Morgan fingerprint density at radius 3 is 2.44 bits per heavy atom. The second-order valence-electron chi connectivity index (χ2n) is 7.16. The Hall–Kier alpha value is -3.27. The van der Waals surface area contributed by atoms with Crippen molar-refractivity contribution in [3.8, 4) is 11.5 Å². The zero-order valence-corrected chi connectivity index (χ0v) is 20.2. The molecule has 1 saturated heterocycles. The first-order valence-corrected chi connectivity index (χ1v) is 12.5. The first-order valence-electron chi connectivity index (χ1n) is 9.94. The van der Waals surface area contributed by atoms with Gasteiger partial charge in [0.15, 0.2) is 11.5 Å². The molecule has 1 heterocycles. The van der Waals surface area contributed by atoms with Gasteiger partial charge in [0.1, 0.15) is 4.90 Å². The summed E-state index contributed by atoms with van der Waals surface area (Å²) in [5.41, 5.74) is 1.27. The highest BCUT2D eigenvalue weighted by molar-refractivity contribution is 8.18. The normalized spacial score (nSPS) is 15.1. The average Bonchev–Trinajstić information content (AvgIpc) is 3.08. The van der Waals surface area contributed by atoms with Gasteiger partial charge in [-0.15, -0.1) is 0 Å². The van der Waals surface area contributed by atoms with Crippen LogP contribution in [0.1, 0.15) is 11.1 Å². The van der Waals surface area contributed by atoms with Crippen LogP contribution in [0.2, 0.25) is 5.02 Å². The molecule has 0 spiro atoms. The molecule has 0 aromatic heterocycles. The summed E-state index contributed by atoms with van der Waals surface area (Å²) in [7, 11) is -2.68. The number of carbonyl (C=O) groups excluding carboxylic acids is 2. The fourth-order valence-corrected chi connectivity index (χ4v) is 5.21. The van der Waals surface area contributed by atoms with Crippen LogP contribution < -0.4 is 8.92 Å². The first kappa shape index (κ1) is 23.9. The molecule has 3 aromatic carbocycles. The molecule has 0 atom stereocenters. The predicted octanol–water partition coefficient (Wildman–Crippen LogP) is 5.35. The minimum atomic E-state index is -4.05. The van der Waals surface area contributed by atoms with Crippen molar-refractivity contribution in [1.82, 2.24) is 4.90 Å². The molecule has 10 heteroatoms. The van der Waals surface area contributed by atoms with Crippen molar-refractivity contribution in [2.45, 2.75) is 11.4 Å². The van der Waals surface area contributed by atoms with Crippen molar-refractivity contribution in [3.63, 3.8) is 0 Å². The predicted molar refractivity (Wildman–Crippen MR) is 130 cm³/mol. The highest BCUT2D eigenvalue weighted by atomic mass is 35.5. The molecule has 7 nitrogen and oxygen atoms in total. The SMILES string of the molecule is COc1cc(/C=C2\SC(=O)N(Cc3cccc(Cl)c3)C2=O)ccc1OS(=O)(=O)c1ccccc1. The highest BCUT2D eigenvalue weighted by Crippen LogP contribution is 2.36. The molecular weight excluding hydrogens is 498 g/mol. The Kier molecular flexibility index (Phi) is 6.97. The molecule has 1 aliphatic heterocycles. The molecule has 0 N–H and O–H groups in total. The molecule has 174 valence electrons. The third-order valence-electron chi connectivity index (χ3n) is 4.82. The molecule has 0 bridgehead atoms. The molecule has 3 aromatic rings.